The Hall–Kier alpha value is -3.60. The van der Waals surface area contributed by atoms with Gasteiger partial charge in [-0.15, -0.1) is 0 Å². The van der Waals surface area contributed by atoms with Gasteiger partial charge < -0.3 is 24.6 Å². The lowest BCUT2D eigenvalue weighted by Gasteiger charge is -2.34. The van der Waals surface area contributed by atoms with E-state index in [9.17, 15) is 9.59 Å². The molecule has 0 radical (unpaired) electrons. The van der Waals surface area contributed by atoms with Crippen molar-refractivity contribution in [3.05, 3.63) is 64.3 Å². The lowest BCUT2D eigenvalue weighted by atomic mass is 9.96. The molecule has 1 N–H and O–H groups in total. The number of piperidine rings is 1. The van der Waals surface area contributed by atoms with Gasteiger partial charge in [0.2, 0.25) is 11.8 Å². The first-order valence-corrected chi connectivity index (χ1v) is 17.3. The van der Waals surface area contributed by atoms with Crippen LogP contribution >= 0.6 is 23.2 Å². The van der Waals surface area contributed by atoms with Crippen LogP contribution in [0.1, 0.15) is 51.5 Å². The third-order valence-electron chi connectivity index (χ3n) is 9.21. The second-order valence-electron chi connectivity index (χ2n) is 12.8. The highest BCUT2D eigenvalue weighted by molar-refractivity contribution is 6.35. The van der Waals surface area contributed by atoms with Gasteiger partial charge >= 0.3 is 6.09 Å². The number of rotatable bonds is 11. The van der Waals surface area contributed by atoms with Crippen LogP contribution in [-0.4, -0.2) is 83.2 Å². The standard InChI is InChI=1S/C35H42Cl2N6O4/c1-3-4-11-46-35(45)43-22-29-17-30(43)21-42(29)33-6-5-31(19-39-33)47-34-13-25(12-32(40-34)26-14-27(36)16-28(37)15-26)20-41-9-7-24(8-10-41)18-38-23(2)44/h5-6,12-16,19,24,29-30H,3-4,7-11,17-18,20-22H2,1-2H3,(H,38,44). The molecule has 0 spiro atoms. The molecular weight excluding hydrogens is 639 g/mol. The van der Waals surface area contributed by atoms with Crippen LogP contribution in [0.5, 0.6) is 11.6 Å². The molecule has 47 heavy (non-hydrogen) atoms. The topological polar surface area (TPSA) is 100 Å². The Kier molecular flexibility index (Phi) is 10.7. The number of carbonyl (C=O) groups excluding carboxylic acids is 2. The fourth-order valence-electron chi connectivity index (χ4n) is 6.73. The zero-order valence-electron chi connectivity index (χ0n) is 27.0. The van der Waals surface area contributed by atoms with Crippen molar-refractivity contribution >= 4 is 41.0 Å². The van der Waals surface area contributed by atoms with E-state index in [0.717, 1.165) is 87.5 Å². The largest absolute Gasteiger partial charge is 0.449 e. The zero-order valence-corrected chi connectivity index (χ0v) is 28.5. The third-order valence-corrected chi connectivity index (χ3v) is 9.65. The number of unbranched alkanes of at least 4 members (excludes halogenated alkanes) is 1. The summed E-state index contributed by atoms with van der Waals surface area (Å²) in [5.41, 5.74) is 2.60. The Labute approximate surface area is 286 Å². The number of nitrogens with one attached hydrogen (secondary N) is 1. The summed E-state index contributed by atoms with van der Waals surface area (Å²) >= 11 is 12.7. The van der Waals surface area contributed by atoms with E-state index in [4.69, 9.17) is 42.6 Å². The molecule has 2 bridgehead atoms. The van der Waals surface area contributed by atoms with E-state index in [1.54, 1.807) is 19.2 Å². The zero-order chi connectivity index (χ0) is 32.9. The fraction of sp³-hybridized carbons (Fsp3) is 0.486. The molecule has 3 saturated heterocycles. The molecule has 2 atom stereocenters. The minimum atomic E-state index is -0.206. The minimum absolute atomic E-state index is 0.0198. The molecule has 6 rings (SSSR count). The smallest absolute Gasteiger partial charge is 0.410 e. The van der Waals surface area contributed by atoms with Crippen molar-refractivity contribution in [2.75, 3.05) is 44.2 Å². The molecular formula is C35H42Cl2N6O4. The van der Waals surface area contributed by atoms with Gasteiger partial charge in [0, 0.05) is 54.8 Å². The van der Waals surface area contributed by atoms with Gasteiger partial charge in [-0.05, 0) is 86.7 Å². The number of anilines is 1. The van der Waals surface area contributed by atoms with Gasteiger partial charge in [-0.25, -0.2) is 14.8 Å². The average Bonchev–Trinajstić information content (AvgIpc) is 3.66. The maximum atomic E-state index is 12.5. The highest BCUT2D eigenvalue weighted by atomic mass is 35.5. The first kappa shape index (κ1) is 33.3. The van der Waals surface area contributed by atoms with Gasteiger partial charge in [0.1, 0.15) is 11.6 Å². The highest BCUT2D eigenvalue weighted by Crippen LogP contribution is 2.35. The number of piperazine rings is 1. The summed E-state index contributed by atoms with van der Waals surface area (Å²) in [5, 5.41) is 4.03. The predicted octanol–water partition coefficient (Wildman–Crippen LogP) is 6.79. The summed E-state index contributed by atoms with van der Waals surface area (Å²) in [7, 11) is 0. The van der Waals surface area contributed by atoms with E-state index in [0.29, 0.717) is 40.7 Å². The van der Waals surface area contributed by atoms with Crippen molar-refractivity contribution in [1.29, 1.82) is 0 Å². The van der Waals surface area contributed by atoms with E-state index in [-0.39, 0.29) is 24.1 Å². The second kappa shape index (κ2) is 15.1. The highest BCUT2D eigenvalue weighted by Gasteiger charge is 2.46. The molecule has 3 aromatic rings. The third kappa shape index (κ3) is 8.47. The maximum absolute atomic E-state index is 12.5. The number of halogens is 2. The van der Waals surface area contributed by atoms with Crippen molar-refractivity contribution in [1.82, 2.24) is 25.1 Å². The molecule has 3 aliphatic heterocycles. The summed E-state index contributed by atoms with van der Waals surface area (Å²) in [5.74, 6) is 2.42. The van der Waals surface area contributed by atoms with Crippen LogP contribution in [-0.2, 0) is 16.1 Å². The number of hydrogen-bond acceptors (Lipinski definition) is 8. The average molecular weight is 682 g/mol. The summed E-state index contributed by atoms with van der Waals surface area (Å²) in [6.45, 7) is 8.87. The monoisotopic (exact) mass is 680 g/mol. The van der Waals surface area contributed by atoms with E-state index in [1.165, 1.54) is 0 Å². The maximum Gasteiger partial charge on any atom is 0.410 e. The molecule has 0 saturated carbocycles. The second-order valence-corrected chi connectivity index (χ2v) is 13.7. The summed E-state index contributed by atoms with van der Waals surface area (Å²) in [6, 6.07) is 13.7. The number of amides is 2. The number of benzene rings is 1. The number of pyridine rings is 2. The van der Waals surface area contributed by atoms with Gasteiger partial charge in [0.05, 0.1) is 30.6 Å². The number of fused-ring (bicyclic) bond motifs is 2. The molecule has 3 aliphatic rings. The number of hydrogen-bond donors (Lipinski definition) is 1. The molecule has 1 aromatic carbocycles. The van der Waals surface area contributed by atoms with Gasteiger partial charge in [-0.2, -0.15) is 0 Å². The Morgan fingerprint density at radius 1 is 1.02 bits per heavy atom. The van der Waals surface area contributed by atoms with Crippen LogP contribution in [0.25, 0.3) is 11.3 Å². The van der Waals surface area contributed by atoms with Gasteiger partial charge in [-0.3, -0.25) is 9.69 Å². The summed E-state index contributed by atoms with van der Waals surface area (Å²) in [6.07, 6.45) is 6.38. The number of aromatic nitrogens is 2. The number of likely N-dealkylation sites (tertiary alicyclic amines) is 2. The van der Waals surface area contributed by atoms with Crippen LogP contribution < -0.4 is 15.0 Å². The quantitative estimate of drug-likeness (QED) is 0.221. The fourth-order valence-corrected chi connectivity index (χ4v) is 7.25. The lowest BCUT2D eigenvalue weighted by Crippen LogP contribution is -2.49. The van der Waals surface area contributed by atoms with Gasteiger partial charge in [0.15, 0.2) is 0 Å². The summed E-state index contributed by atoms with van der Waals surface area (Å²) in [4.78, 5) is 40.0. The van der Waals surface area contributed by atoms with Crippen molar-refractivity contribution in [3.63, 3.8) is 0 Å². The van der Waals surface area contributed by atoms with Crippen molar-refractivity contribution in [2.24, 2.45) is 5.92 Å². The molecule has 250 valence electrons. The molecule has 2 unspecified atom stereocenters. The Bertz CT molecular complexity index is 1550. The molecule has 10 nitrogen and oxygen atoms in total. The van der Waals surface area contributed by atoms with Crippen LogP contribution in [0.2, 0.25) is 10.0 Å². The van der Waals surface area contributed by atoms with E-state index in [1.807, 2.05) is 35.2 Å². The predicted molar refractivity (Wildman–Crippen MR) is 183 cm³/mol. The number of carbonyl (C=O) groups is 2. The summed E-state index contributed by atoms with van der Waals surface area (Å²) < 4.78 is 11.7. The first-order chi connectivity index (χ1) is 22.7. The SMILES string of the molecule is CCCCOC(=O)N1CC2CC1CN2c1ccc(Oc2cc(CN3CCC(CNC(C)=O)CC3)cc(-c3cc(Cl)cc(Cl)c3)n2)cn1. The molecule has 12 heteroatoms. The van der Waals surface area contributed by atoms with Crippen LogP contribution in [0.4, 0.5) is 10.6 Å². The van der Waals surface area contributed by atoms with E-state index < -0.39 is 0 Å². The molecule has 0 aliphatic carbocycles. The van der Waals surface area contributed by atoms with Crippen LogP contribution in [0.15, 0.2) is 48.7 Å². The number of nitrogens with zero attached hydrogens (tertiary/aromatic N) is 5. The first-order valence-electron chi connectivity index (χ1n) is 16.5. The molecule has 3 fully saturated rings. The molecule has 2 aromatic heterocycles. The number of ether oxygens (including phenoxy) is 2. The van der Waals surface area contributed by atoms with Crippen molar-refractivity contribution < 1.29 is 19.1 Å². The Morgan fingerprint density at radius 3 is 2.47 bits per heavy atom. The minimum Gasteiger partial charge on any atom is -0.449 e. The van der Waals surface area contributed by atoms with Crippen LogP contribution in [0, 0.1) is 5.92 Å². The van der Waals surface area contributed by atoms with E-state index in [2.05, 4.69) is 28.1 Å². The van der Waals surface area contributed by atoms with Crippen molar-refractivity contribution in [3.8, 4) is 22.9 Å². The molecule has 2 amide bonds. The van der Waals surface area contributed by atoms with Gasteiger partial charge in [0.25, 0.3) is 0 Å². The van der Waals surface area contributed by atoms with E-state index >= 15 is 0 Å². The van der Waals surface area contributed by atoms with Crippen molar-refractivity contribution in [2.45, 2.75) is 64.6 Å². The van der Waals surface area contributed by atoms with Gasteiger partial charge in [-0.1, -0.05) is 36.5 Å². The lowest BCUT2D eigenvalue weighted by molar-refractivity contribution is -0.119. The van der Waals surface area contributed by atoms with Crippen LogP contribution in [0.3, 0.4) is 0 Å². The Balaban J connectivity index is 1.13. The normalized spacial score (nSPS) is 19.7. The Morgan fingerprint density at radius 2 is 1.81 bits per heavy atom. The molecule has 5 heterocycles.